The molecule has 1 saturated heterocycles. The van der Waals surface area contributed by atoms with E-state index in [1.807, 2.05) is 0 Å². The number of aliphatic hydroxyl groups is 1. The number of carbonyl (C=O) groups excluding carboxylic acids is 2. The molecule has 0 aromatic heterocycles. The maximum atomic E-state index is 14.6. The molecule has 1 heterocycles. The minimum absolute atomic E-state index is 0.0344. The molecule has 1 aliphatic heterocycles. The van der Waals surface area contributed by atoms with Gasteiger partial charge in [0, 0.05) is 12.8 Å². The predicted molar refractivity (Wildman–Crippen MR) is 147 cm³/mol. The zero-order chi connectivity index (χ0) is 28.1. The average Bonchev–Trinajstić information content (AvgIpc) is 3.72. The maximum absolute atomic E-state index is 14.6. The Hall–Kier alpha value is -0.980. The number of Topliss-reactive ketones (excluding diaryl/α,β-unsaturated/α-hetero) is 1. The van der Waals surface area contributed by atoms with Gasteiger partial charge in [0.15, 0.2) is 11.9 Å². The van der Waals surface area contributed by atoms with E-state index in [0.29, 0.717) is 17.8 Å². The van der Waals surface area contributed by atoms with Gasteiger partial charge < -0.3 is 20.3 Å². The Morgan fingerprint density at radius 1 is 1.26 bits per heavy atom. The van der Waals surface area contributed by atoms with Crippen LogP contribution in [0.4, 0.5) is 0 Å². The highest BCUT2D eigenvalue weighted by Crippen LogP contribution is 2.84. The summed E-state index contributed by atoms with van der Waals surface area (Å²) in [4.78, 5) is 26.5. The SMILES string of the molecule is CCC1C2(CCC3(C)C4C(C)CC(C(OC(C)=O)C(C)(C)O)OC4C(=O)C13N)CC2(CCC(C)C)C1CC1. The van der Waals surface area contributed by atoms with Crippen molar-refractivity contribution in [2.45, 2.75) is 143 Å². The topological polar surface area (TPSA) is 98.9 Å². The summed E-state index contributed by atoms with van der Waals surface area (Å²) in [6.07, 6.45) is 8.11. The molecule has 4 aliphatic carbocycles. The third kappa shape index (κ3) is 3.82. The molecule has 10 atom stereocenters. The van der Waals surface area contributed by atoms with Crippen molar-refractivity contribution < 1.29 is 24.2 Å². The fraction of sp³-hybridized carbons (Fsp3) is 0.938. The lowest BCUT2D eigenvalue weighted by atomic mass is 9.49. The normalized spacial score (nSPS) is 47.1. The quantitative estimate of drug-likeness (QED) is 0.405. The first kappa shape index (κ1) is 28.5. The molecule has 6 heteroatoms. The van der Waals surface area contributed by atoms with Gasteiger partial charge in [0.1, 0.15) is 6.10 Å². The van der Waals surface area contributed by atoms with Crippen molar-refractivity contribution in [2.24, 2.45) is 51.6 Å². The zero-order valence-electron chi connectivity index (χ0n) is 25.1. The van der Waals surface area contributed by atoms with E-state index in [2.05, 4.69) is 34.6 Å². The molecule has 0 aromatic rings. The van der Waals surface area contributed by atoms with Gasteiger partial charge in [-0.1, -0.05) is 47.5 Å². The molecule has 5 fully saturated rings. The van der Waals surface area contributed by atoms with Crippen LogP contribution in [0.1, 0.15) is 113 Å². The van der Waals surface area contributed by atoms with Gasteiger partial charge in [-0.25, -0.2) is 0 Å². The van der Waals surface area contributed by atoms with Crippen LogP contribution < -0.4 is 5.73 Å². The number of ketones is 1. The third-order valence-electron chi connectivity index (χ3n) is 12.3. The fourth-order valence-electron chi connectivity index (χ4n) is 10.5. The van der Waals surface area contributed by atoms with E-state index in [0.717, 1.165) is 18.8 Å². The highest BCUT2D eigenvalue weighted by molar-refractivity contribution is 5.97. The first-order chi connectivity index (χ1) is 17.6. The van der Waals surface area contributed by atoms with E-state index in [1.165, 1.54) is 45.4 Å². The van der Waals surface area contributed by atoms with Crippen LogP contribution in [0.2, 0.25) is 0 Å². The molecule has 0 amide bonds. The van der Waals surface area contributed by atoms with Gasteiger partial charge in [0.25, 0.3) is 0 Å². The van der Waals surface area contributed by atoms with Crippen LogP contribution in [0.5, 0.6) is 0 Å². The lowest BCUT2D eigenvalue weighted by Crippen LogP contribution is -2.67. The molecule has 6 nitrogen and oxygen atoms in total. The molecule has 0 radical (unpaired) electrons. The van der Waals surface area contributed by atoms with E-state index >= 15 is 0 Å². The second-order valence-corrected chi connectivity index (χ2v) is 15.3. The van der Waals surface area contributed by atoms with Crippen molar-refractivity contribution in [1.29, 1.82) is 0 Å². The standard InChI is InChI=1S/C32H53NO5/c1-9-23-31(17-30(31,21-10-11-21)13-12-18(2)3)15-14-29(8)24-19(4)16-22(27(28(6,7)36)37-20(5)34)38-25(24)26(35)32(23,29)33/h18-19,21-25,27,36H,9-17,33H2,1-8H3. The number of ether oxygens (including phenoxy) is 2. The van der Waals surface area contributed by atoms with Crippen LogP contribution in [0.3, 0.4) is 0 Å². The molecule has 1 spiro atoms. The molecule has 0 bridgehead atoms. The zero-order valence-corrected chi connectivity index (χ0v) is 25.1. The summed E-state index contributed by atoms with van der Waals surface area (Å²) in [7, 11) is 0. The average molecular weight is 532 g/mol. The summed E-state index contributed by atoms with van der Waals surface area (Å²) in [5.74, 6) is 1.46. The summed E-state index contributed by atoms with van der Waals surface area (Å²) in [5.41, 5.74) is 5.55. The Morgan fingerprint density at radius 2 is 1.92 bits per heavy atom. The van der Waals surface area contributed by atoms with Crippen molar-refractivity contribution in [3.05, 3.63) is 0 Å². The Kier molecular flexibility index (Phi) is 6.77. The Bertz CT molecular complexity index is 969. The minimum atomic E-state index is -1.29. The smallest absolute Gasteiger partial charge is 0.303 e. The number of hydrogen-bond acceptors (Lipinski definition) is 6. The van der Waals surface area contributed by atoms with Gasteiger partial charge in [-0.05, 0) is 98.7 Å². The Balaban J connectivity index is 1.49. The van der Waals surface area contributed by atoms with Gasteiger partial charge >= 0.3 is 5.97 Å². The van der Waals surface area contributed by atoms with Crippen LogP contribution in [0.15, 0.2) is 0 Å². The van der Waals surface area contributed by atoms with Gasteiger partial charge in [0.05, 0.1) is 17.2 Å². The third-order valence-corrected chi connectivity index (χ3v) is 12.3. The second-order valence-electron chi connectivity index (χ2n) is 15.3. The lowest BCUT2D eigenvalue weighted by molar-refractivity contribution is -0.207. The van der Waals surface area contributed by atoms with E-state index in [9.17, 15) is 14.7 Å². The minimum Gasteiger partial charge on any atom is -0.457 e. The van der Waals surface area contributed by atoms with Crippen LogP contribution in [-0.2, 0) is 19.1 Å². The van der Waals surface area contributed by atoms with Crippen LogP contribution in [0, 0.1) is 45.8 Å². The van der Waals surface area contributed by atoms with Crippen molar-refractivity contribution in [2.75, 3.05) is 0 Å². The molecular formula is C32H53NO5. The molecule has 38 heavy (non-hydrogen) atoms. The lowest BCUT2D eigenvalue weighted by Gasteiger charge is -2.57. The van der Waals surface area contributed by atoms with Gasteiger partial charge in [-0.2, -0.15) is 0 Å². The Morgan fingerprint density at radius 3 is 2.45 bits per heavy atom. The molecular weight excluding hydrogens is 478 g/mol. The predicted octanol–water partition coefficient (Wildman–Crippen LogP) is 5.43. The number of carbonyl (C=O) groups is 2. The highest BCUT2D eigenvalue weighted by Gasteiger charge is 2.83. The number of hydrogen-bond donors (Lipinski definition) is 2. The first-order valence-electron chi connectivity index (χ1n) is 15.5. The summed E-state index contributed by atoms with van der Waals surface area (Å²) in [6, 6.07) is 0. The summed E-state index contributed by atoms with van der Waals surface area (Å²) in [5, 5.41) is 10.9. The number of fused-ring (bicyclic) bond motifs is 3. The molecule has 5 rings (SSSR count). The fourth-order valence-corrected chi connectivity index (χ4v) is 10.5. The monoisotopic (exact) mass is 531 g/mol. The summed E-state index contributed by atoms with van der Waals surface area (Å²) >= 11 is 0. The van der Waals surface area contributed by atoms with Crippen LogP contribution in [0.25, 0.3) is 0 Å². The number of nitrogens with two attached hydrogens (primary N) is 1. The van der Waals surface area contributed by atoms with Crippen molar-refractivity contribution in [1.82, 2.24) is 0 Å². The highest BCUT2D eigenvalue weighted by atomic mass is 16.6. The van der Waals surface area contributed by atoms with Gasteiger partial charge in [-0.3, -0.25) is 9.59 Å². The maximum Gasteiger partial charge on any atom is 0.303 e. The Labute approximate surface area is 230 Å². The van der Waals surface area contributed by atoms with Gasteiger partial charge in [0.2, 0.25) is 0 Å². The van der Waals surface area contributed by atoms with Gasteiger partial charge in [-0.15, -0.1) is 0 Å². The molecule has 3 N–H and O–H groups in total. The summed E-state index contributed by atoms with van der Waals surface area (Å²) in [6.45, 7) is 16.0. The summed E-state index contributed by atoms with van der Waals surface area (Å²) < 4.78 is 12.2. The molecule has 4 saturated carbocycles. The van der Waals surface area contributed by atoms with Crippen molar-refractivity contribution >= 4 is 11.8 Å². The molecule has 216 valence electrons. The van der Waals surface area contributed by atoms with E-state index in [1.54, 1.807) is 13.8 Å². The van der Waals surface area contributed by atoms with Crippen molar-refractivity contribution in [3.8, 4) is 0 Å². The van der Waals surface area contributed by atoms with Crippen LogP contribution in [-0.4, -0.2) is 46.3 Å². The first-order valence-corrected chi connectivity index (χ1v) is 15.5. The number of esters is 1. The molecule has 0 aromatic carbocycles. The van der Waals surface area contributed by atoms with E-state index in [-0.39, 0.29) is 34.4 Å². The molecule has 10 unspecified atom stereocenters. The van der Waals surface area contributed by atoms with E-state index in [4.69, 9.17) is 15.2 Å². The van der Waals surface area contributed by atoms with E-state index < -0.39 is 35.4 Å². The van der Waals surface area contributed by atoms with Crippen molar-refractivity contribution in [3.63, 3.8) is 0 Å². The largest absolute Gasteiger partial charge is 0.457 e. The second kappa shape index (κ2) is 9.01. The molecule has 5 aliphatic rings. The van der Waals surface area contributed by atoms with Crippen LogP contribution >= 0.6 is 0 Å². The number of rotatable bonds is 8.